The Balaban J connectivity index is 1.78. The zero-order chi connectivity index (χ0) is 16.3. The van der Waals surface area contributed by atoms with E-state index in [1.165, 1.54) is 11.3 Å². The molecule has 22 heavy (non-hydrogen) atoms. The van der Waals surface area contributed by atoms with Gasteiger partial charge in [-0.25, -0.2) is 4.79 Å². The van der Waals surface area contributed by atoms with Gasteiger partial charge in [0.05, 0.1) is 5.56 Å². The number of hydrogen-bond donors (Lipinski definition) is 1. The fourth-order valence-electron chi connectivity index (χ4n) is 2.42. The van der Waals surface area contributed by atoms with Crippen molar-refractivity contribution in [2.24, 2.45) is 5.92 Å². The fourth-order valence-corrected chi connectivity index (χ4v) is 3.25. The first-order valence-corrected chi connectivity index (χ1v) is 8.49. The van der Waals surface area contributed by atoms with E-state index in [9.17, 15) is 9.59 Å². The lowest BCUT2D eigenvalue weighted by Crippen LogP contribution is -2.36. The van der Waals surface area contributed by atoms with E-state index < -0.39 is 5.60 Å². The largest absolute Gasteiger partial charge is 0.444 e. The third-order valence-electron chi connectivity index (χ3n) is 3.59. The van der Waals surface area contributed by atoms with Crippen molar-refractivity contribution in [3.63, 3.8) is 0 Å². The zero-order valence-electron chi connectivity index (χ0n) is 13.6. The van der Waals surface area contributed by atoms with Crippen molar-refractivity contribution < 1.29 is 14.3 Å². The van der Waals surface area contributed by atoms with Gasteiger partial charge in [-0.05, 0) is 51.0 Å². The molecule has 0 aromatic carbocycles. The molecule has 2 amide bonds. The lowest BCUT2D eigenvalue weighted by Gasteiger charge is -2.24. The van der Waals surface area contributed by atoms with Crippen LogP contribution in [0.15, 0.2) is 10.8 Å². The van der Waals surface area contributed by atoms with Gasteiger partial charge in [0.15, 0.2) is 0 Å². The third kappa shape index (κ3) is 4.47. The second-order valence-corrected chi connectivity index (χ2v) is 7.50. The van der Waals surface area contributed by atoms with E-state index in [1.54, 1.807) is 4.90 Å². The molecule has 0 saturated carbocycles. The molecule has 6 heteroatoms. The van der Waals surface area contributed by atoms with Crippen LogP contribution >= 0.6 is 11.3 Å². The molecule has 0 radical (unpaired) electrons. The molecule has 122 valence electrons. The van der Waals surface area contributed by atoms with Crippen LogP contribution in [0.25, 0.3) is 0 Å². The molecule has 2 rings (SSSR count). The molecule has 1 N–H and O–H groups in total. The number of likely N-dealkylation sites (tertiary alicyclic amines) is 1. The molecular weight excluding hydrogens is 300 g/mol. The summed E-state index contributed by atoms with van der Waals surface area (Å²) in [5, 5.41) is 6.80. The van der Waals surface area contributed by atoms with Crippen molar-refractivity contribution >= 4 is 23.3 Å². The quantitative estimate of drug-likeness (QED) is 0.929. The SMILES string of the molecule is Cc1cscc1C(=O)NC[C@@H]1CCN(C(=O)OC(C)(C)C)C1. The Labute approximate surface area is 135 Å². The van der Waals surface area contributed by atoms with Gasteiger partial charge in [-0.3, -0.25) is 4.79 Å². The van der Waals surface area contributed by atoms with E-state index in [4.69, 9.17) is 4.74 Å². The van der Waals surface area contributed by atoms with Crippen LogP contribution in [0.2, 0.25) is 0 Å². The van der Waals surface area contributed by atoms with Gasteiger partial charge in [0.2, 0.25) is 0 Å². The van der Waals surface area contributed by atoms with Gasteiger partial charge in [0.1, 0.15) is 5.60 Å². The second-order valence-electron chi connectivity index (χ2n) is 6.76. The number of rotatable bonds is 3. The highest BCUT2D eigenvalue weighted by Gasteiger charge is 2.29. The normalized spacial score (nSPS) is 18.4. The van der Waals surface area contributed by atoms with Crippen molar-refractivity contribution in [3.05, 3.63) is 21.9 Å². The maximum Gasteiger partial charge on any atom is 0.410 e. The minimum Gasteiger partial charge on any atom is -0.444 e. The Hall–Kier alpha value is -1.56. The summed E-state index contributed by atoms with van der Waals surface area (Å²) in [5.41, 5.74) is 1.27. The summed E-state index contributed by atoms with van der Waals surface area (Å²) >= 11 is 1.53. The van der Waals surface area contributed by atoms with Crippen LogP contribution in [0.4, 0.5) is 4.79 Å². The maximum absolute atomic E-state index is 12.1. The minimum absolute atomic E-state index is 0.0329. The van der Waals surface area contributed by atoms with Crippen molar-refractivity contribution in [3.8, 4) is 0 Å². The van der Waals surface area contributed by atoms with Crippen LogP contribution in [0.3, 0.4) is 0 Å². The summed E-state index contributed by atoms with van der Waals surface area (Å²) in [7, 11) is 0. The molecule has 2 heterocycles. The van der Waals surface area contributed by atoms with Gasteiger partial charge in [-0.15, -0.1) is 0 Å². The van der Waals surface area contributed by atoms with Crippen molar-refractivity contribution in [2.75, 3.05) is 19.6 Å². The predicted molar refractivity (Wildman–Crippen MR) is 87.3 cm³/mol. The summed E-state index contributed by atoms with van der Waals surface area (Å²) in [6.07, 6.45) is 0.623. The topological polar surface area (TPSA) is 58.6 Å². The summed E-state index contributed by atoms with van der Waals surface area (Å²) in [6.45, 7) is 9.44. The standard InChI is InChI=1S/C16H24N2O3S/c1-11-9-22-10-13(11)14(19)17-7-12-5-6-18(8-12)15(20)21-16(2,3)4/h9-10,12H,5-8H2,1-4H3,(H,17,19)/t12-/m0/s1. The first kappa shape index (κ1) is 16.8. The Morgan fingerprint density at radius 2 is 2.14 bits per heavy atom. The molecule has 0 spiro atoms. The van der Waals surface area contributed by atoms with E-state index in [0.717, 1.165) is 17.5 Å². The molecule has 1 aliphatic rings. The first-order chi connectivity index (χ1) is 10.3. The van der Waals surface area contributed by atoms with Crippen LogP contribution in [0, 0.1) is 12.8 Å². The molecule has 1 aromatic heterocycles. The van der Waals surface area contributed by atoms with Gasteiger partial charge in [-0.1, -0.05) is 0 Å². The third-order valence-corrected chi connectivity index (χ3v) is 4.45. The van der Waals surface area contributed by atoms with E-state index in [-0.39, 0.29) is 17.9 Å². The van der Waals surface area contributed by atoms with Crippen molar-refractivity contribution in [1.29, 1.82) is 0 Å². The second kappa shape index (κ2) is 6.69. The molecular formula is C16H24N2O3S. The molecule has 1 saturated heterocycles. The van der Waals surface area contributed by atoms with Crippen molar-refractivity contribution in [2.45, 2.75) is 39.7 Å². The Kier molecular flexibility index (Phi) is 5.11. The van der Waals surface area contributed by atoms with Crippen LogP contribution in [-0.2, 0) is 4.74 Å². The maximum atomic E-state index is 12.1. The summed E-state index contributed by atoms with van der Waals surface area (Å²) < 4.78 is 5.37. The molecule has 1 aromatic rings. The van der Waals surface area contributed by atoms with Crippen LogP contribution in [-0.4, -0.2) is 42.1 Å². The van der Waals surface area contributed by atoms with Crippen molar-refractivity contribution in [1.82, 2.24) is 10.2 Å². The van der Waals surface area contributed by atoms with Gasteiger partial charge in [0.25, 0.3) is 5.91 Å². The summed E-state index contributed by atoms with van der Waals surface area (Å²) in [5.74, 6) is 0.255. The average molecular weight is 324 g/mol. The number of nitrogens with one attached hydrogen (secondary N) is 1. The molecule has 0 bridgehead atoms. The van der Waals surface area contributed by atoms with Gasteiger partial charge >= 0.3 is 6.09 Å². The number of carbonyl (C=O) groups is 2. The molecule has 0 aliphatic carbocycles. The zero-order valence-corrected chi connectivity index (χ0v) is 14.5. The van der Waals surface area contributed by atoms with Crippen LogP contribution in [0.5, 0.6) is 0 Å². The number of hydrogen-bond acceptors (Lipinski definition) is 4. The Morgan fingerprint density at radius 3 is 2.73 bits per heavy atom. The van der Waals surface area contributed by atoms with Gasteiger partial charge < -0.3 is 15.0 Å². The lowest BCUT2D eigenvalue weighted by atomic mass is 10.1. The number of ether oxygens (including phenoxy) is 1. The molecule has 1 atom stereocenters. The van der Waals surface area contributed by atoms with E-state index in [1.807, 2.05) is 38.5 Å². The highest BCUT2D eigenvalue weighted by atomic mass is 32.1. The number of nitrogens with zero attached hydrogens (tertiary/aromatic N) is 1. The first-order valence-electron chi connectivity index (χ1n) is 7.55. The van der Waals surface area contributed by atoms with Crippen LogP contribution in [0.1, 0.15) is 43.1 Å². The monoisotopic (exact) mass is 324 g/mol. The minimum atomic E-state index is -0.472. The summed E-state index contributed by atoms with van der Waals surface area (Å²) in [6, 6.07) is 0. The van der Waals surface area contributed by atoms with Gasteiger partial charge in [0, 0.05) is 25.0 Å². The number of amides is 2. The molecule has 1 aliphatic heterocycles. The lowest BCUT2D eigenvalue weighted by molar-refractivity contribution is 0.0288. The molecule has 1 fully saturated rings. The smallest absolute Gasteiger partial charge is 0.410 e. The molecule has 5 nitrogen and oxygen atoms in total. The van der Waals surface area contributed by atoms with E-state index in [0.29, 0.717) is 19.6 Å². The Morgan fingerprint density at radius 1 is 1.41 bits per heavy atom. The molecule has 0 unspecified atom stereocenters. The fraction of sp³-hybridized carbons (Fsp3) is 0.625. The Bertz CT molecular complexity index is 548. The number of thiophene rings is 1. The highest BCUT2D eigenvalue weighted by Crippen LogP contribution is 2.19. The predicted octanol–water partition coefficient (Wildman–Crippen LogP) is 3.04. The summed E-state index contributed by atoms with van der Waals surface area (Å²) in [4.78, 5) is 25.8. The van der Waals surface area contributed by atoms with E-state index in [2.05, 4.69) is 5.32 Å². The average Bonchev–Trinajstić information content (AvgIpc) is 3.02. The van der Waals surface area contributed by atoms with E-state index >= 15 is 0 Å². The van der Waals surface area contributed by atoms with Gasteiger partial charge in [-0.2, -0.15) is 11.3 Å². The van der Waals surface area contributed by atoms with Crippen LogP contribution < -0.4 is 5.32 Å². The number of carbonyl (C=O) groups excluding carboxylic acids is 2. The highest BCUT2D eigenvalue weighted by molar-refractivity contribution is 7.08. The number of aryl methyl sites for hydroxylation is 1.